The third-order valence-electron chi connectivity index (χ3n) is 3.38. The number of aryl methyl sites for hydroxylation is 2. The van der Waals surface area contributed by atoms with Crippen molar-refractivity contribution in [2.75, 3.05) is 6.61 Å². The van der Waals surface area contributed by atoms with Crippen molar-refractivity contribution < 1.29 is 18.3 Å². The Labute approximate surface area is 139 Å². The van der Waals surface area contributed by atoms with Crippen molar-refractivity contribution >= 4 is 11.6 Å². The third-order valence-corrected chi connectivity index (χ3v) is 3.38. The predicted molar refractivity (Wildman–Crippen MR) is 88.1 cm³/mol. The van der Waals surface area contributed by atoms with Crippen LogP contribution in [-0.4, -0.2) is 18.2 Å². The molecule has 0 aliphatic rings. The van der Waals surface area contributed by atoms with E-state index in [0.29, 0.717) is 5.75 Å². The number of benzene rings is 2. The molecule has 2 rings (SSSR count). The molecule has 0 radical (unpaired) electrons. The van der Waals surface area contributed by atoms with E-state index in [9.17, 15) is 13.6 Å². The Morgan fingerprint density at radius 2 is 1.83 bits per heavy atom. The van der Waals surface area contributed by atoms with E-state index in [-0.39, 0.29) is 17.9 Å². The normalized spacial score (nSPS) is 11.3. The van der Waals surface area contributed by atoms with E-state index in [0.717, 1.165) is 23.3 Å². The second kappa shape index (κ2) is 7.68. The number of carbonyl (C=O) groups is 1. The van der Waals surface area contributed by atoms with Crippen LogP contribution < -0.4 is 10.2 Å². The molecule has 0 saturated carbocycles. The molecule has 0 fully saturated rings. The first-order chi connectivity index (χ1) is 11.4. The van der Waals surface area contributed by atoms with E-state index in [1.165, 1.54) is 13.0 Å². The van der Waals surface area contributed by atoms with Crippen LogP contribution in [0.1, 0.15) is 23.6 Å². The van der Waals surface area contributed by atoms with Crippen molar-refractivity contribution in [3.8, 4) is 5.75 Å². The van der Waals surface area contributed by atoms with Gasteiger partial charge in [0.05, 0.1) is 11.3 Å². The first-order valence-electron chi connectivity index (χ1n) is 7.36. The van der Waals surface area contributed by atoms with Gasteiger partial charge in [-0.1, -0.05) is 18.2 Å². The van der Waals surface area contributed by atoms with Crippen LogP contribution in [0.3, 0.4) is 0 Å². The Morgan fingerprint density at radius 3 is 2.50 bits per heavy atom. The SMILES string of the molecule is C/C(=N/NC(=O)COc1cc(C)ccc1C)c1c(F)cccc1F. The van der Waals surface area contributed by atoms with Crippen molar-refractivity contribution in [2.24, 2.45) is 5.10 Å². The Kier molecular flexibility index (Phi) is 5.63. The monoisotopic (exact) mass is 332 g/mol. The maximum atomic E-state index is 13.6. The number of ether oxygens (including phenoxy) is 1. The number of hydrazone groups is 1. The third kappa shape index (κ3) is 4.38. The summed E-state index contributed by atoms with van der Waals surface area (Å²) >= 11 is 0. The highest BCUT2D eigenvalue weighted by atomic mass is 19.1. The van der Waals surface area contributed by atoms with Gasteiger partial charge in [-0.3, -0.25) is 4.79 Å². The topological polar surface area (TPSA) is 50.7 Å². The summed E-state index contributed by atoms with van der Waals surface area (Å²) in [6.45, 7) is 4.95. The minimum absolute atomic E-state index is 0.0330. The van der Waals surface area contributed by atoms with Gasteiger partial charge < -0.3 is 4.74 Å². The highest BCUT2D eigenvalue weighted by molar-refractivity contribution is 5.99. The number of rotatable bonds is 5. The molecule has 1 N–H and O–H groups in total. The molecule has 0 bridgehead atoms. The fourth-order valence-electron chi connectivity index (χ4n) is 2.08. The number of nitrogens with one attached hydrogen (secondary N) is 1. The molecule has 0 aliphatic heterocycles. The van der Waals surface area contributed by atoms with Crippen LogP contribution >= 0.6 is 0 Å². The standard InChI is InChI=1S/C18H18F2N2O2/c1-11-7-8-12(2)16(9-11)24-10-17(23)22-21-13(3)18-14(19)5-4-6-15(18)20/h4-9H,10H2,1-3H3,(H,22,23)/b21-13-. The lowest BCUT2D eigenvalue weighted by molar-refractivity contribution is -0.123. The smallest absolute Gasteiger partial charge is 0.277 e. The number of hydrogen-bond donors (Lipinski definition) is 1. The minimum atomic E-state index is -0.739. The van der Waals surface area contributed by atoms with Crippen molar-refractivity contribution in [3.05, 3.63) is 64.7 Å². The van der Waals surface area contributed by atoms with Gasteiger partial charge in [0.1, 0.15) is 17.4 Å². The second-order valence-corrected chi connectivity index (χ2v) is 5.39. The summed E-state index contributed by atoms with van der Waals surface area (Å²) in [5.41, 5.74) is 3.91. The largest absolute Gasteiger partial charge is 0.483 e. The predicted octanol–water partition coefficient (Wildman–Crippen LogP) is 3.50. The summed E-state index contributed by atoms with van der Waals surface area (Å²) in [6.07, 6.45) is 0. The Balaban J connectivity index is 1.98. The summed E-state index contributed by atoms with van der Waals surface area (Å²) in [5, 5.41) is 3.73. The number of nitrogens with zero attached hydrogens (tertiary/aromatic N) is 1. The van der Waals surface area contributed by atoms with Crippen molar-refractivity contribution in [1.29, 1.82) is 0 Å². The summed E-state index contributed by atoms with van der Waals surface area (Å²) in [6, 6.07) is 9.18. The highest BCUT2D eigenvalue weighted by Crippen LogP contribution is 2.18. The van der Waals surface area contributed by atoms with Gasteiger partial charge in [-0.05, 0) is 50.1 Å². The van der Waals surface area contributed by atoms with Crippen LogP contribution in [0.2, 0.25) is 0 Å². The molecule has 0 spiro atoms. The van der Waals surface area contributed by atoms with Crippen LogP contribution in [0.5, 0.6) is 5.75 Å². The van der Waals surface area contributed by atoms with Gasteiger partial charge in [0.25, 0.3) is 5.91 Å². The number of carbonyl (C=O) groups excluding carboxylic acids is 1. The average molecular weight is 332 g/mol. The minimum Gasteiger partial charge on any atom is -0.483 e. The molecule has 0 unspecified atom stereocenters. The fraction of sp³-hybridized carbons (Fsp3) is 0.222. The van der Waals surface area contributed by atoms with Crippen LogP contribution in [0, 0.1) is 25.5 Å². The molecule has 1 amide bonds. The summed E-state index contributed by atoms with van der Waals surface area (Å²) in [4.78, 5) is 11.8. The fourth-order valence-corrected chi connectivity index (χ4v) is 2.08. The van der Waals surface area contributed by atoms with Gasteiger partial charge in [0.15, 0.2) is 6.61 Å². The van der Waals surface area contributed by atoms with E-state index in [1.807, 2.05) is 32.0 Å². The lowest BCUT2D eigenvalue weighted by Crippen LogP contribution is -2.26. The zero-order chi connectivity index (χ0) is 17.7. The summed E-state index contributed by atoms with van der Waals surface area (Å²) in [7, 11) is 0. The molecule has 0 atom stereocenters. The molecular weight excluding hydrogens is 314 g/mol. The second-order valence-electron chi connectivity index (χ2n) is 5.39. The molecule has 6 heteroatoms. The molecule has 2 aromatic rings. The average Bonchev–Trinajstić information content (AvgIpc) is 2.53. The Morgan fingerprint density at radius 1 is 1.17 bits per heavy atom. The van der Waals surface area contributed by atoms with Crippen LogP contribution in [0.25, 0.3) is 0 Å². The van der Waals surface area contributed by atoms with Gasteiger partial charge in [-0.15, -0.1) is 0 Å². The number of halogens is 2. The highest BCUT2D eigenvalue weighted by Gasteiger charge is 2.12. The van der Waals surface area contributed by atoms with Crippen molar-refractivity contribution in [2.45, 2.75) is 20.8 Å². The van der Waals surface area contributed by atoms with E-state index in [4.69, 9.17) is 4.74 Å². The lowest BCUT2D eigenvalue weighted by Gasteiger charge is -2.09. The molecule has 0 aromatic heterocycles. The molecule has 126 valence electrons. The van der Waals surface area contributed by atoms with Crippen LogP contribution in [0.4, 0.5) is 8.78 Å². The van der Waals surface area contributed by atoms with Crippen molar-refractivity contribution in [3.63, 3.8) is 0 Å². The zero-order valence-electron chi connectivity index (χ0n) is 13.7. The first kappa shape index (κ1) is 17.6. The molecule has 2 aromatic carbocycles. The summed E-state index contributed by atoms with van der Waals surface area (Å²) < 4.78 is 32.7. The quantitative estimate of drug-likeness (QED) is 0.673. The molecule has 0 heterocycles. The zero-order valence-corrected chi connectivity index (χ0v) is 13.7. The molecule has 4 nitrogen and oxygen atoms in total. The van der Waals surface area contributed by atoms with E-state index in [1.54, 1.807) is 0 Å². The van der Waals surface area contributed by atoms with Gasteiger partial charge in [-0.25, -0.2) is 14.2 Å². The Hall–Kier alpha value is -2.76. The van der Waals surface area contributed by atoms with Crippen LogP contribution in [0.15, 0.2) is 41.5 Å². The summed E-state index contributed by atoms with van der Waals surface area (Å²) in [5.74, 6) is -1.40. The first-order valence-corrected chi connectivity index (χ1v) is 7.36. The lowest BCUT2D eigenvalue weighted by atomic mass is 10.1. The molecule has 24 heavy (non-hydrogen) atoms. The Bertz CT molecular complexity index is 768. The molecular formula is C18H18F2N2O2. The van der Waals surface area contributed by atoms with E-state index < -0.39 is 17.5 Å². The van der Waals surface area contributed by atoms with Crippen LogP contribution in [-0.2, 0) is 4.79 Å². The maximum absolute atomic E-state index is 13.6. The van der Waals surface area contributed by atoms with Crippen molar-refractivity contribution in [1.82, 2.24) is 5.43 Å². The number of amides is 1. The van der Waals surface area contributed by atoms with Gasteiger partial charge in [0, 0.05) is 0 Å². The van der Waals surface area contributed by atoms with E-state index >= 15 is 0 Å². The number of hydrogen-bond acceptors (Lipinski definition) is 3. The van der Waals surface area contributed by atoms with Gasteiger partial charge in [-0.2, -0.15) is 5.10 Å². The van der Waals surface area contributed by atoms with Gasteiger partial charge in [0.2, 0.25) is 0 Å². The van der Waals surface area contributed by atoms with Gasteiger partial charge >= 0.3 is 0 Å². The molecule has 0 saturated heterocycles. The maximum Gasteiger partial charge on any atom is 0.277 e. The van der Waals surface area contributed by atoms with E-state index in [2.05, 4.69) is 10.5 Å². The molecule has 0 aliphatic carbocycles.